The molecule has 0 aromatic heterocycles. The minimum atomic E-state index is -0.395. The number of ether oxygens (including phenoxy) is 1. The summed E-state index contributed by atoms with van der Waals surface area (Å²) >= 11 is 0. The second-order valence-corrected chi connectivity index (χ2v) is 6.31. The molecule has 4 nitrogen and oxygen atoms in total. The van der Waals surface area contributed by atoms with Crippen LogP contribution in [0.3, 0.4) is 0 Å². The molecular formula is C15H23NO3. The third-order valence-corrected chi connectivity index (χ3v) is 4.51. The molecule has 0 aromatic rings. The van der Waals surface area contributed by atoms with Gasteiger partial charge in [0.15, 0.2) is 0 Å². The molecule has 1 unspecified atom stereocenters. The Morgan fingerprint density at radius 2 is 2.11 bits per heavy atom. The van der Waals surface area contributed by atoms with E-state index in [1.807, 2.05) is 20.8 Å². The number of hydrogen-bond acceptors (Lipinski definition) is 3. The van der Waals surface area contributed by atoms with Crippen molar-refractivity contribution in [2.24, 2.45) is 10.8 Å². The molecule has 0 bridgehead atoms. The average molecular weight is 265 g/mol. The monoisotopic (exact) mass is 265 g/mol. The quantitative estimate of drug-likeness (QED) is 0.685. The van der Waals surface area contributed by atoms with Crippen molar-refractivity contribution < 1.29 is 14.3 Å². The maximum absolute atomic E-state index is 12.1. The molecule has 0 aromatic carbocycles. The SMILES string of the molecule is CCOC(=O)N1CC=C2C(C)(CCC(=O)C2(C)C)C1. The van der Waals surface area contributed by atoms with E-state index in [9.17, 15) is 9.59 Å². The van der Waals surface area contributed by atoms with Crippen LogP contribution < -0.4 is 0 Å². The van der Waals surface area contributed by atoms with Crippen LogP contribution in [0.4, 0.5) is 4.79 Å². The zero-order valence-electron chi connectivity index (χ0n) is 12.3. The number of carbonyl (C=O) groups is 2. The number of carbonyl (C=O) groups excluding carboxylic acids is 2. The summed E-state index contributed by atoms with van der Waals surface area (Å²) < 4.78 is 5.07. The summed E-state index contributed by atoms with van der Waals surface area (Å²) in [5.74, 6) is 0.306. The lowest BCUT2D eigenvalue weighted by Gasteiger charge is -2.49. The van der Waals surface area contributed by atoms with Gasteiger partial charge < -0.3 is 9.64 Å². The van der Waals surface area contributed by atoms with E-state index >= 15 is 0 Å². The molecule has 0 N–H and O–H groups in total. The second kappa shape index (κ2) is 4.66. The Labute approximate surface area is 114 Å². The number of ketones is 1. The summed E-state index contributed by atoms with van der Waals surface area (Å²) in [6.07, 6.45) is 3.21. The first-order chi connectivity index (χ1) is 8.81. The minimum Gasteiger partial charge on any atom is -0.450 e. The first-order valence-electron chi connectivity index (χ1n) is 6.97. The molecule has 2 rings (SSSR count). The Balaban J connectivity index is 2.27. The summed E-state index contributed by atoms with van der Waals surface area (Å²) in [4.78, 5) is 25.7. The molecule has 1 aliphatic carbocycles. The lowest BCUT2D eigenvalue weighted by atomic mass is 9.58. The maximum atomic E-state index is 12.1. The molecule has 1 heterocycles. The van der Waals surface area contributed by atoms with Crippen LogP contribution >= 0.6 is 0 Å². The fourth-order valence-electron chi connectivity index (χ4n) is 3.45. The fourth-order valence-corrected chi connectivity index (χ4v) is 3.45. The highest BCUT2D eigenvalue weighted by molar-refractivity contribution is 5.89. The molecule has 0 radical (unpaired) electrons. The topological polar surface area (TPSA) is 46.6 Å². The van der Waals surface area contributed by atoms with Gasteiger partial charge in [-0.2, -0.15) is 0 Å². The van der Waals surface area contributed by atoms with Crippen molar-refractivity contribution >= 4 is 11.9 Å². The summed E-state index contributed by atoms with van der Waals surface area (Å²) in [5, 5.41) is 0. The van der Waals surface area contributed by atoms with Gasteiger partial charge in [0.05, 0.1) is 6.61 Å². The molecule has 2 aliphatic rings. The summed E-state index contributed by atoms with van der Waals surface area (Å²) in [6, 6.07) is 0. The van der Waals surface area contributed by atoms with Crippen LogP contribution in [-0.4, -0.2) is 36.5 Å². The van der Waals surface area contributed by atoms with Crippen molar-refractivity contribution in [3.05, 3.63) is 11.6 Å². The molecule has 4 heteroatoms. The van der Waals surface area contributed by atoms with Crippen LogP contribution in [-0.2, 0) is 9.53 Å². The molecular weight excluding hydrogens is 242 g/mol. The van der Waals surface area contributed by atoms with Gasteiger partial charge in [0, 0.05) is 30.3 Å². The number of fused-ring (bicyclic) bond motifs is 1. The Hall–Kier alpha value is -1.32. The van der Waals surface area contributed by atoms with Crippen LogP contribution in [0.15, 0.2) is 11.6 Å². The van der Waals surface area contributed by atoms with Crippen molar-refractivity contribution in [1.29, 1.82) is 0 Å². The molecule has 1 atom stereocenters. The molecule has 19 heavy (non-hydrogen) atoms. The molecule has 0 spiro atoms. The highest BCUT2D eigenvalue weighted by Gasteiger charge is 2.49. The van der Waals surface area contributed by atoms with E-state index in [1.54, 1.807) is 4.90 Å². The van der Waals surface area contributed by atoms with Crippen molar-refractivity contribution in [2.45, 2.75) is 40.5 Å². The minimum absolute atomic E-state index is 0.0948. The second-order valence-electron chi connectivity index (χ2n) is 6.31. The number of Topliss-reactive ketones (excluding diaryl/α,β-unsaturated/α-hetero) is 1. The van der Waals surface area contributed by atoms with Crippen LogP contribution in [0, 0.1) is 10.8 Å². The normalized spacial score (nSPS) is 29.6. The average Bonchev–Trinajstić information content (AvgIpc) is 2.34. The van der Waals surface area contributed by atoms with Gasteiger partial charge in [0.25, 0.3) is 0 Å². The van der Waals surface area contributed by atoms with E-state index < -0.39 is 5.41 Å². The van der Waals surface area contributed by atoms with E-state index in [2.05, 4.69) is 13.0 Å². The van der Waals surface area contributed by atoms with Gasteiger partial charge in [-0.05, 0) is 27.2 Å². The first-order valence-corrected chi connectivity index (χ1v) is 6.97. The molecule has 1 aliphatic heterocycles. The predicted octanol–water partition coefficient (Wildman–Crippen LogP) is 2.78. The summed E-state index contributed by atoms with van der Waals surface area (Å²) in [5.41, 5.74) is 0.702. The largest absolute Gasteiger partial charge is 0.450 e. The van der Waals surface area contributed by atoms with Crippen LogP contribution in [0.2, 0.25) is 0 Å². The van der Waals surface area contributed by atoms with Gasteiger partial charge in [-0.15, -0.1) is 0 Å². The molecule has 1 amide bonds. The summed E-state index contributed by atoms with van der Waals surface area (Å²) in [7, 11) is 0. The highest BCUT2D eigenvalue weighted by atomic mass is 16.6. The Morgan fingerprint density at radius 3 is 2.74 bits per heavy atom. The fraction of sp³-hybridized carbons (Fsp3) is 0.733. The zero-order valence-corrected chi connectivity index (χ0v) is 12.3. The third kappa shape index (κ3) is 2.28. The molecule has 1 fully saturated rings. The van der Waals surface area contributed by atoms with Gasteiger partial charge in [-0.1, -0.05) is 18.6 Å². The third-order valence-electron chi connectivity index (χ3n) is 4.51. The number of amides is 1. The summed E-state index contributed by atoms with van der Waals surface area (Å²) in [6.45, 7) is 9.55. The van der Waals surface area contributed by atoms with E-state index in [-0.39, 0.29) is 11.5 Å². The van der Waals surface area contributed by atoms with Gasteiger partial charge >= 0.3 is 6.09 Å². The first kappa shape index (κ1) is 14.1. The standard InChI is InChI=1S/C15H23NO3/c1-5-19-13(18)16-9-7-11-14(2,3)12(17)6-8-15(11,4)10-16/h7H,5-6,8-10H2,1-4H3. The number of nitrogens with zero attached hydrogens (tertiary/aromatic N) is 1. The van der Waals surface area contributed by atoms with Crippen molar-refractivity contribution in [1.82, 2.24) is 4.90 Å². The molecule has 106 valence electrons. The van der Waals surface area contributed by atoms with Crippen LogP contribution in [0.1, 0.15) is 40.5 Å². The lowest BCUT2D eigenvalue weighted by Crippen LogP contribution is -2.51. The Kier molecular flexibility index (Phi) is 3.45. The van der Waals surface area contributed by atoms with E-state index in [1.165, 1.54) is 5.57 Å². The van der Waals surface area contributed by atoms with Crippen molar-refractivity contribution in [2.75, 3.05) is 19.7 Å². The van der Waals surface area contributed by atoms with Gasteiger partial charge in [-0.25, -0.2) is 4.79 Å². The molecule has 0 saturated heterocycles. The highest BCUT2D eigenvalue weighted by Crippen LogP contribution is 2.50. The van der Waals surface area contributed by atoms with E-state index in [0.29, 0.717) is 31.9 Å². The van der Waals surface area contributed by atoms with Gasteiger partial charge in [0.2, 0.25) is 0 Å². The Morgan fingerprint density at radius 1 is 1.42 bits per heavy atom. The zero-order chi connectivity index (χ0) is 14.3. The predicted molar refractivity (Wildman–Crippen MR) is 72.8 cm³/mol. The van der Waals surface area contributed by atoms with Crippen molar-refractivity contribution in [3.63, 3.8) is 0 Å². The van der Waals surface area contributed by atoms with Gasteiger partial charge in [0.1, 0.15) is 5.78 Å². The lowest BCUT2D eigenvalue weighted by molar-refractivity contribution is -0.129. The number of rotatable bonds is 1. The van der Waals surface area contributed by atoms with E-state index in [0.717, 1.165) is 6.42 Å². The van der Waals surface area contributed by atoms with Gasteiger partial charge in [-0.3, -0.25) is 4.79 Å². The van der Waals surface area contributed by atoms with Crippen LogP contribution in [0.25, 0.3) is 0 Å². The van der Waals surface area contributed by atoms with Crippen molar-refractivity contribution in [3.8, 4) is 0 Å². The smallest absolute Gasteiger partial charge is 0.410 e. The maximum Gasteiger partial charge on any atom is 0.410 e. The van der Waals surface area contributed by atoms with E-state index in [4.69, 9.17) is 4.74 Å². The molecule has 1 saturated carbocycles. The number of hydrogen-bond donors (Lipinski definition) is 0. The Bertz CT molecular complexity index is 439. The van der Waals surface area contributed by atoms with Crippen LogP contribution in [0.5, 0.6) is 0 Å².